The Labute approximate surface area is 88.1 Å². The van der Waals surface area contributed by atoms with Crippen LogP contribution in [0.2, 0.25) is 0 Å². The molecule has 0 aromatic heterocycles. The lowest BCUT2D eigenvalue weighted by molar-refractivity contribution is 0.0641. The molecule has 0 saturated carbocycles. The molecule has 0 aliphatic rings. The quantitative estimate of drug-likeness (QED) is 0.446. The van der Waals surface area contributed by atoms with Crippen LogP contribution in [0.3, 0.4) is 0 Å². The number of nitrogens with zero attached hydrogens (tertiary/aromatic N) is 1. The van der Waals surface area contributed by atoms with Crippen LogP contribution in [0.1, 0.15) is 13.8 Å². The lowest BCUT2D eigenvalue weighted by atomic mass is 10.4. The lowest BCUT2D eigenvalue weighted by Gasteiger charge is -2.17. The molecule has 1 N–H and O–H groups in total. The van der Waals surface area contributed by atoms with Gasteiger partial charge in [0.25, 0.3) is 0 Å². The number of ether oxygens (including phenoxy) is 1. The Morgan fingerprint density at radius 3 is 2.71 bits per heavy atom. The molecule has 14 heavy (non-hydrogen) atoms. The van der Waals surface area contributed by atoms with Crippen molar-refractivity contribution in [3.8, 4) is 0 Å². The first-order valence-corrected chi connectivity index (χ1v) is 5.28. The summed E-state index contributed by atoms with van der Waals surface area (Å²) in [5, 5.41) is 3.26. The van der Waals surface area contributed by atoms with Gasteiger partial charge in [0.2, 0.25) is 0 Å². The molecular formula is C11H24N2O. The van der Waals surface area contributed by atoms with E-state index in [4.69, 9.17) is 4.74 Å². The van der Waals surface area contributed by atoms with Crippen LogP contribution in [0.4, 0.5) is 0 Å². The van der Waals surface area contributed by atoms with Gasteiger partial charge in [-0.1, -0.05) is 6.08 Å². The minimum Gasteiger partial charge on any atom is -0.377 e. The molecular weight excluding hydrogens is 176 g/mol. The molecule has 0 atom stereocenters. The predicted octanol–water partition coefficient (Wildman–Crippen LogP) is 1.12. The van der Waals surface area contributed by atoms with Crippen molar-refractivity contribution in [2.24, 2.45) is 0 Å². The van der Waals surface area contributed by atoms with E-state index in [9.17, 15) is 0 Å². The van der Waals surface area contributed by atoms with Crippen LogP contribution in [-0.4, -0.2) is 50.8 Å². The van der Waals surface area contributed by atoms with Crippen molar-refractivity contribution < 1.29 is 4.74 Å². The first-order valence-electron chi connectivity index (χ1n) is 5.28. The van der Waals surface area contributed by atoms with Crippen LogP contribution in [0.25, 0.3) is 0 Å². The lowest BCUT2D eigenvalue weighted by Crippen LogP contribution is -2.32. The molecule has 0 bridgehead atoms. The fourth-order valence-electron chi connectivity index (χ4n) is 1.03. The highest BCUT2D eigenvalue weighted by Gasteiger charge is 1.98. The van der Waals surface area contributed by atoms with Crippen molar-refractivity contribution in [3.05, 3.63) is 12.7 Å². The molecule has 0 aromatic carbocycles. The second-order valence-corrected chi connectivity index (χ2v) is 3.72. The molecule has 0 unspecified atom stereocenters. The topological polar surface area (TPSA) is 24.5 Å². The molecule has 0 amide bonds. The van der Waals surface area contributed by atoms with Crippen LogP contribution in [0.15, 0.2) is 12.7 Å². The van der Waals surface area contributed by atoms with Gasteiger partial charge < -0.3 is 15.0 Å². The van der Waals surface area contributed by atoms with E-state index >= 15 is 0 Å². The molecule has 0 radical (unpaired) electrons. The first-order chi connectivity index (χ1) is 6.66. The number of likely N-dealkylation sites (N-methyl/N-ethyl adjacent to an activating group) is 1. The van der Waals surface area contributed by atoms with Gasteiger partial charge in [-0.05, 0) is 20.9 Å². The summed E-state index contributed by atoms with van der Waals surface area (Å²) in [6.45, 7) is 12.5. The molecule has 0 aliphatic carbocycles. The van der Waals surface area contributed by atoms with E-state index in [1.165, 1.54) is 0 Å². The van der Waals surface area contributed by atoms with E-state index in [0.29, 0.717) is 6.10 Å². The molecule has 0 fully saturated rings. The van der Waals surface area contributed by atoms with E-state index in [-0.39, 0.29) is 0 Å². The van der Waals surface area contributed by atoms with Crippen molar-refractivity contribution in [2.45, 2.75) is 20.0 Å². The predicted molar refractivity (Wildman–Crippen MR) is 61.7 cm³/mol. The summed E-state index contributed by atoms with van der Waals surface area (Å²) < 4.78 is 5.46. The van der Waals surface area contributed by atoms with Crippen LogP contribution < -0.4 is 5.32 Å². The second kappa shape index (κ2) is 9.19. The van der Waals surface area contributed by atoms with E-state index < -0.39 is 0 Å². The number of hydrogen-bond donors (Lipinski definition) is 1. The standard InChI is InChI=1S/C11H24N2O/c1-5-6-12-7-8-13(4)9-10-14-11(2)3/h5,11-12H,1,6-10H2,2-4H3. The molecule has 0 aliphatic heterocycles. The largest absolute Gasteiger partial charge is 0.377 e. The number of nitrogens with one attached hydrogen (secondary N) is 1. The number of rotatable bonds is 9. The van der Waals surface area contributed by atoms with Gasteiger partial charge in [0.05, 0.1) is 12.7 Å². The minimum atomic E-state index is 0.335. The monoisotopic (exact) mass is 200 g/mol. The van der Waals surface area contributed by atoms with Gasteiger partial charge in [0.15, 0.2) is 0 Å². The average Bonchev–Trinajstić information content (AvgIpc) is 2.12. The van der Waals surface area contributed by atoms with Crippen molar-refractivity contribution in [1.29, 1.82) is 0 Å². The van der Waals surface area contributed by atoms with Gasteiger partial charge in [-0.3, -0.25) is 0 Å². The van der Waals surface area contributed by atoms with Gasteiger partial charge in [0, 0.05) is 26.2 Å². The van der Waals surface area contributed by atoms with E-state index in [1.54, 1.807) is 0 Å². The molecule has 84 valence electrons. The van der Waals surface area contributed by atoms with Crippen LogP contribution in [-0.2, 0) is 4.74 Å². The molecule has 0 aromatic rings. The Morgan fingerprint density at radius 1 is 1.43 bits per heavy atom. The zero-order valence-electron chi connectivity index (χ0n) is 9.75. The summed E-state index contributed by atoms with van der Waals surface area (Å²) in [7, 11) is 2.11. The third kappa shape index (κ3) is 9.71. The fourth-order valence-corrected chi connectivity index (χ4v) is 1.03. The first kappa shape index (κ1) is 13.6. The number of hydrogen-bond acceptors (Lipinski definition) is 3. The normalized spacial score (nSPS) is 11.2. The van der Waals surface area contributed by atoms with Gasteiger partial charge in [-0.2, -0.15) is 0 Å². The highest BCUT2D eigenvalue weighted by molar-refractivity contribution is 4.69. The second-order valence-electron chi connectivity index (χ2n) is 3.72. The van der Waals surface area contributed by atoms with Gasteiger partial charge in [-0.15, -0.1) is 6.58 Å². The Balaban J connectivity index is 3.19. The highest BCUT2D eigenvalue weighted by atomic mass is 16.5. The highest BCUT2D eigenvalue weighted by Crippen LogP contribution is 1.88. The zero-order chi connectivity index (χ0) is 10.8. The van der Waals surface area contributed by atoms with E-state index in [2.05, 4.69) is 37.7 Å². The SMILES string of the molecule is C=CCNCCN(C)CCOC(C)C. The van der Waals surface area contributed by atoms with Crippen molar-refractivity contribution in [1.82, 2.24) is 10.2 Å². The third-order valence-electron chi connectivity index (χ3n) is 1.88. The molecule has 3 heteroatoms. The smallest absolute Gasteiger partial charge is 0.0596 e. The summed E-state index contributed by atoms with van der Waals surface area (Å²) in [6, 6.07) is 0. The summed E-state index contributed by atoms with van der Waals surface area (Å²) in [4.78, 5) is 2.26. The van der Waals surface area contributed by atoms with Crippen LogP contribution in [0, 0.1) is 0 Å². The maximum absolute atomic E-state index is 5.46. The maximum Gasteiger partial charge on any atom is 0.0596 e. The molecule has 0 saturated heterocycles. The van der Waals surface area contributed by atoms with E-state index in [1.807, 2.05) is 6.08 Å². The van der Waals surface area contributed by atoms with Crippen molar-refractivity contribution >= 4 is 0 Å². The third-order valence-corrected chi connectivity index (χ3v) is 1.88. The Bertz CT molecular complexity index is 137. The summed E-state index contributed by atoms with van der Waals surface area (Å²) in [6.07, 6.45) is 2.21. The molecule has 0 spiro atoms. The fraction of sp³-hybridized carbons (Fsp3) is 0.818. The zero-order valence-corrected chi connectivity index (χ0v) is 9.75. The van der Waals surface area contributed by atoms with Crippen LogP contribution >= 0.6 is 0 Å². The minimum absolute atomic E-state index is 0.335. The summed E-state index contributed by atoms with van der Waals surface area (Å²) in [5.41, 5.74) is 0. The van der Waals surface area contributed by atoms with Gasteiger partial charge >= 0.3 is 0 Å². The Morgan fingerprint density at radius 2 is 2.14 bits per heavy atom. The van der Waals surface area contributed by atoms with Gasteiger partial charge in [0.1, 0.15) is 0 Å². The van der Waals surface area contributed by atoms with Crippen molar-refractivity contribution in [3.63, 3.8) is 0 Å². The van der Waals surface area contributed by atoms with E-state index in [0.717, 1.165) is 32.8 Å². The summed E-state index contributed by atoms with van der Waals surface area (Å²) >= 11 is 0. The van der Waals surface area contributed by atoms with Crippen LogP contribution in [0.5, 0.6) is 0 Å². The summed E-state index contributed by atoms with van der Waals surface area (Å²) in [5.74, 6) is 0. The molecule has 0 heterocycles. The molecule has 3 nitrogen and oxygen atoms in total. The Hall–Kier alpha value is -0.380. The molecule has 0 rings (SSSR count). The Kier molecular flexibility index (Phi) is 8.94. The van der Waals surface area contributed by atoms with Crippen molar-refractivity contribution in [2.75, 3.05) is 39.8 Å². The van der Waals surface area contributed by atoms with Gasteiger partial charge in [-0.25, -0.2) is 0 Å². The maximum atomic E-state index is 5.46. The average molecular weight is 200 g/mol.